The van der Waals surface area contributed by atoms with Crippen LogP contribution in [0.2, 0.25) is 0 Å². The number of hydrogen-bond acceptors (Lipinski definition) is 3. The Morgan fingerprint density at radius 1 is 0.917 bits per heavy atom. The van der Waals surface area contributed by atoms with E-state index in [1.165, 1.54) is 64.2 Å². The molecule has 8 unspecified atom stereocenters. The normalized spacial score (nSPS) is 38.4. The number of aliphatic carboxylic acids is 1. The van der Waals surface area contributed by atoms with E-state index in [-0.39, 0.29) is 11.8 Å². The number of hydrogen-bond donors (Lipinski definition) is 3. The molecule has 36 heavy (non-hydrogen) atoms. The van der Waals surface area contributed by atoms with Crippen molar-refractivity contribution in [1.29, 1.82) is 0 Å². The summed E-state index contributed by atoms with van der Waals surface area (Å²) in [5.74, 6) is 2.64. The van der Waals surface area contributed by atoms with Gasteiger partial charge < -0.3 is 15.7 Å². The van der Waals surface area contributed by atoms with E-state index < -0.39 is 24.5 Å². The number of carbonyl (C=O) groups is 3. The van der Waals surface area contributed by atoms with Crippen LogP contribution in [0.4, 0.5) is 0 Å². The van der Waals surface area contributed by atoms with Crippen molar-refractivity contribution in [3.05, 3.63) is 0 Å². The van der Waals surface area contributed by atoms with Gasteiger partial charge in [0, 0.05) is 6.42 Å². The summed E-state index contributed by atoms with van der Waals surface area (Å²) in [7, 11) is 0. The smallest absolute Gasteiger partial charge is 0.322 e. The van der Waals surface area contributed by atoms with Crippen molar-refractivity contribution in [3.8, 4) is 0 Å². The zero-order valence-corrected chi connectivity index (χ0v) is 23.1. The molecule has 0 radical (unpaired) electrons. The van der Waals surface area contributed by atoms with Crippen LogP contribution in [0.15, 0.2) is 0 Å². The van der Waals surface area contributed by atoms with Crippen molar-refractivity contribution < 1.29 is 19.5 Å². The fourth-order valence-electron chi connectivity index (χ4n) is 9.44. The summed E-state index contributed by atoms with van der Waals surface area (Å²) >= 11 is 0. The number of amides is 2. The Balaban J connectivity index is 1.29. The highest BCUT2D eigenvalue weighted by Gasteiger charge is 2.59. The molecule has 0 bridgehead atoms. The number of carboxylic acid groups (broad SMARTS) is 1. The molecule has 4 saturated carbocycles. The average molecular weight is 503 g/mol. The maximum Gasteiger partial charge on any atom is 0.322 e. The molecule has 4 aliphatic carbocycles. The van der Waals surface area contributed by atoms with Crippen molar-refractivity contribution >= 4 is 17.8 Å². The van der Waals surface area contributed by atoms with Crippen molar-refractivity contribution in [2.75, 3.05) is 6.54 Å². The Labute approximate surface area is 218 Å². The Morgan fingerprint density at radius 2 is 1.67 bits per heavy atom. The molecular formula is C30H50N2O4. The lowest BCUT2D eigenvalue weighted by molar-refractivity contribution is -0.138. The number of nitrogens with one attached hydrogen (secondary N) is 2. The molecule has 4 fully saturated rings. The predicted molar refractivity (Wildman–Crippen MR) is 141 cm³/mol. The van der Waals surface area contributed by atoms with Crippen LogP contribution in [0.3, 0.4) is 0 Å². The monoisotopic (exact) mass is 502 g/mol. The summed E-state index contributed by atoms with van der Waals surface area (Å²) in [6.07, 6.45) is 16.5. The second kappa shape index (κ2) is 11.0. The molecule has 4 aliphatic rings. The summed E-state index contributed by atoms with van der Waals surface area (Å²) in [6, 6.07) is -0.697. The van der Waals surface area contributed by atoms with Crippen LogP contribution < -0.4 is 10.6 Å². The molecular weight excluding hydrogens is 452 g/mol. The minimum Gasteiger partial charge on any atom is -0.480 e. The second-order valence-corrected chi connectivity index (χ2v) is 13.5. The van der Waals surface area contributed by atoms with E-state index in [1.807, 2.05) is 13.8 Å². The molecule has 0 heterocycles. The third-order valence-corrected chi connectivity index (χ3v) is 11.4. The van der Waals surface area contributed by atoms with E-state index in [9.17, 15) is 14.4 Å². The van der Waals surface area contributed by atoms with Gasteiger partial charge in [0.25, 0.3) is 0 Å². The van der Waals surface area contributed by atoms with E-state index in [4.69, 9.17) is 5.11 Å². The summed E-state index contributed by atoms with van der Waals surface area (Å²) in [5, 5.41) is 14.1. The Hall–Kier alpha value is -1.59. The zero-order chi connectivity index (χ0) is 26.1. The number of rotatable bonds is 9. The van der Waals surface area contributed by atoms with Crippen LogP contribution in [-0.4, -0.2) is 35.5 Å². The maximum absolute atomic E-state index is 12.7. The van der Waals surface area contributed by atoms with Gasteiger partial charge in [0.15, 0.2) is 0 Å². The molecule has 0 aliphatic heterocycles. The van der Waals surface area contributed by atoms with Crippen LogP contribution in [0, 0.1) is 46.3 Å². The molecule has 6 heteroatoms. The molecule has 204 valence electrons. The van der Waals surface area contributed by atoms with Gasteiger partial charge in [-0.05, 0) is 111 Å². The fraction of sp³-hybridized carbons (Fsp3) is 0.900. The number of carboxylic acids is 1. The molecule has 0 spiro atoms. The Bertz CT molecular complexity index is 828. The van der Waals surface area contributed by atoms with Crippen molar-refractivity contribution in [3.63, 3.8) is 0 Å². The number of fused-ring (bicyclic) bond motifs is 5. The third-order valence-electron chi connectivity index (χ3n) is 11.4. The van der Waals surface area contributed by atoms with Gasteiger partial charge in [0.05, 0.1) is 0 Å². The first-order valence-corrected chi connectivity index (χ1v) is 14.8. The van der Waals surface area contributed by atoms with Gasteiger partial charge in [0.2, 0.25) is 11.8 Å². The Morgan fingerprint density at radius 3 is 2.39 bits per heavy atom. The first-order chi connectivity index (χ1) is 17.1. The molecule has 2 amide bonds. The Kier molecular flexibility index (Phi) is 8.41. The summed E-state index contributed by atoms with van der Waals surface area (Å²) < 4.78 is 0. The highest BCUT2D eigenvalue weighted by molar-refractivity contribution is 5.89. The van der Waals surface area contributed by atoms with E-state index in [0.29, 0.717) is 23.2 Å². The first kappa shape index (κ1) is 27.4. The molecule has 0 aromatic heterocycles. The van der Waals surface area contributed by atoms with Gasteiger partial charge in [-0.2, -0.15) is 0 Å². The molecule has 3 N–H and O–H groups in total. The summed E-state index contributed by atoms with van der Waals surface area (Å²) in [4.78, 5) is 35.8. The molecule has 4 rings (SSSR count). The lowest BCUT2D eigenvalue weighted by Crippen LogP contribution is -2.52. The van der Waals surface area contributed by atoms with Crippen LogP contribution in [0.25, 0.3) is 0 Å². The van der Waals surface area contributed by atoms with Crippen LogP contribution in [0.5, 0.6) is 0 Å². The first-order valence-electron chi connectivity index (χ1n) is 14.8. The van der Waals surface area contributed by atoms with Crippen LogP contribution >= 0.6 is 0 Å². The predicted octanol–water partition coefficient (Wildman–Crippen LogP) is 5.55. The van der Waals surface area contributed by atoms with Gasteiger partial charge in [-0.25, -0.2) is 0 Å². The largest absolute Gasteiger partial charge is 0.480 e. The summed E-state index contributed by atoms with van der Waals surface area (Å²) in [5.41, 5.74) is 1.01. The van der Waals surface area contributed by atoms with Crippen LogP contribution in [-0.2, 0) is 14.4 Å². The quantitative estimate of drug-likeness (QED) is 0.385. The second-order valence-electron chi connectivity index (χ2n) is 13.5. The zero-order valence-electron chi connectivity index (χ0n) is 23.1. The highest BCUT2D eigenvalue weighted by atomic mass is 16.4. The van der Waals surface area contributed by atoms with Gasteiger partial charge >= 0.3 is 5.97 Å². The number of carbonyl (C=O) groups excluding carboxylic acids is 2. The molecule has 0 aromatic carbocycles. The van der Waals surface area contributed by atoms with Gasteiger partial charge in [-0.3, -0.25) is 14.4 Å². The van der Waals surface area contributed by atoms with E-state index in [2.05, 4.69) is 24.5 Å². The van der Waals surface area contributed by atoms with E-state index >= 15 is 0 Å². The fourth-order valence-corrected chi connectivity index (χ4v) is 9.44. The molecule has 8 atom stereocenters. The van der Waals surface area contributed by atoms with Gasteiger partial charge in [0.1, 0.15) is 12.6 Å². The van der Waals surface area contributed by atoms with E-state index in [1.54, 1.807) is 0 Å². The van der Waals surface area contributed by atoms with Crippen molar-refractivity contribution in [2.45, 2.75) is 117 Å². The van der Waals surface area contributed by atoms with Crippen LogP contribution in [0.1, 0.15) is 111 Å². The van der Waals surface area contributed by atoms with Gasteiger partial charge in [-0.1, -0.05) is 40.5 Å². The molecule has 0 saturated heterocycles. The lowest BCUT2D eigenvalue weighted by Gasteiger charge is -2.60. The minimum atomic E-state index is -1.09. The van der Waals surface area contributed by atoms with E-state index in [0.717, 1.165) is 36.5 Å². The van der Waals surface area contributed by atoms with Crippen molar-refractivity contribution in [2.24, 2.45) is 46.3 Å². The highest BCUT2D eigenvalue weighted by Crippen LogP contribution is 2.67. The lowest BCUT2D eigenvalue weighted by atomic mass is 9.45. The average Bonchev–Trinajstić information content (AvgIpc) is 3.16. The topological polar surface area (TPSA) is 95.5 Å². The third kappa shape index (κ3) is 5.34. The standard InChI is InChI=1S/C30H50N2O4/c1-19(2)27(28(36)31-18-26(34)35)32-25(33)10-7-9-21-12-14-23-22-13-11-20-8-5-6-16-29(20,3)24(22)15-17-30(21,23)4/h19-24,27H,5-18H2,1-4H3,(H,31,36)(H,32,33)(H,34,35). The minimum absolute atomic E-state index is 0.103. The molecule has 0 aromatic rings. The van der Waals surface area contributed by atoms with Gasteiger partial charge in [-0.15, -0.1) is 0 Å². The maximum atomic E-state index is 12.7. The molecule has 6 nitrogen and oxygen atoms in total. The van der Waals surface area contributed by atoms with Crippen molar-refractivity contribution in [1.82, 2.24) is 10.6 Å². The SMILES string of the molecule is CC(C)C(NC(=O)CCCC1CCC2C3CCC4CCCCC4(C)C3CCC12C)C(=O)NCC(=O)O. The summed E-state index contributed by atoms with van der Waals surface area (Å²) in [6.45, 7) is 8.52.